The summed E-state index contributed by atoms with van der Waals surface area (Å²) in [7, 11) is 3.27. The molecule has 2 N–H and O–H groups in total. The second-order valence-corrected chi connectivity index (χ2v) is 6.74. The van der Waals surface area contributed by atoms with Crippen LogP contribution in [0.3, 0.4) is 0 Å². The summed E-state index contributed by atoms with van der Waals surface area (Å²) in [5.74, 6) is 2.79. The fourth-order valence-corrected chi connectivity index (χ4v) is 2.88. The first-order valence-corrected chi connectivity index (χ1v) is 9.87. The number of aliphatic imine (C=N–C) groups is 1. The van der Waals surface area contributed by atoms with Gasteiger partial charge in [-0.05, 0) is 38.1 Å². The summed E-state index contributed by atoms with van der Waals surface area (Å²) in [5, 5.41) is 6.53. The quantitative estimate of drug-likeness (QED) is 0.250. The molecule has 3 aromatic rings. The third-order valence-electron chi connectivity index (χ3n) is 4.53. The summed E-state index contributed by atoms with van der Waals surface area (Å²) >= 11 is 0. The third-order valence-corrected chi connectivity index (χ3v) is 4.53. The number of nitrogens with one attached hydrogen (secondary N) is 2. The molecule has 7 nitrogen and oxygen atoms in total. The molecule has 0 aliphatic carbocycles. The highest BCUT2D eigenvalue weighted by Gasteiger charge is 2.08. The molecular formula is C23H29IN4O3. The number of aryl methyl sites for hydroxylation is 1. The van der Waals surface area contributed by atoms with Gasteiger partial charge < -0.3 is 24.5 Å². The minimum Gasteiger partial charge on any atom is -0.497 e. The Balaban J connectivity index is 0.00000341. The van der Waals surface area contributed by atoms with Gasteiger partial charge in [-0.2, -0.15) is 0 Å². The fourth-order valence-electron chi connectivity index (χ4n) is 2.88. The number of halogens is 1. The maximum atomic E-state index is 5.62. The number of rotatable bonds is 8. The van der Waals surface area contributed by atoms with E-state index in [9.17, 15) is 0 Å². The second-order valence-electron chi connectivity index (χ2n) is 6.74. The molecular weight excluding hydrogens is 507 g/mol. The molecule has 1 aromatic heterocycles. The number of ether oxygens (including phenoxy) is 2. The molecule has 1 heterocycles. The van der Waals surface area contributed by atoms with Gasteiger partial charge in [-0.15, -0.1) is 24.0 Å². The maximum Gasteiger partial charge on any atom is 0.226 e. The van der Waals surface area contributed by atoms with Crippen LogP contribution in [-0.2, 0) is 13.1 Å². The Morgan fingerprint density at radius 3 is 2.52 bits per heavy atom. The van der Waals surface area contributed by atoms with Crippen LogP contribution in [0.25, 0.3) is 11.5 Å². The lowest BCUT2D eigenvalue weighted by Crippen LogP contribution is -2.36. The average Bonchev–Trinajstić information content (AvgIpc) is 3.25. The standard InChI is InChI=1S/C23H28N4O3.HI/c1-5-24-23(25-13-18-10-11-20(28-3)12-21(18)29-4)26-14-19-15-30-22(27-19)17-8-6-16(2)7-9-17;/h6-12,15H,5,13-14H2,1-4H3,(H2,24,25,26);1H. The van der Waals surface area contributed by atoms with Gasteiger partial charge in [-0.1, -0.05) is 17.7 Å². The van der Waals surface area contributed by atoms with E-state index in [1.54, 1.807) is 20.5 Å². The lowest BCUT2D eigenvalue weighted by Gasteiger charge is -2.12. The monoisotopic (exact) mass is 536 g/mol. The van der Waals surface area contributed by atoms with Gasteiger partial charge in [-0.25, -0.2) is 9.98 Å². The van der Waals surface area contributed by atoms with Crippen molar-refractivity contribution in [2.24, 2.45) is 4.99 Å². The van der Waals surface area contributed by atoms with Crippen molar-refractivity contribution in [1.29, 1.82) is 0 Å². The zero-order valence-corrected chi connectivity index (χ0v) is 20.6. The first-order chi connectivity index (χ1) is 14.6. The van der Waals surface area contributed by atoms with E-state index in [1.165, 1.54) is 5.56 Å². The van der Waals surface area contributed by atoms with Crippen LogP contribution in [0.5, 0.6) is 11.5 Å². The van der Waals surface area contributed by atoms with Crippen molar-refractivity contribution in [2.75, 3.05) is 20.8 Å². The fraction of sp³-hybridized carbons (Fsp3) is 0.304. The number of guanidine groups is 1. The molecule has 0 bridgehead atoms. The van der Waals surface area contributed by atoms with E-state index in [1.807, 2.05) is 49.4 Å². The molecule has 0 unspecified atom stereocenters. The van der Waals surface area contributed by atoms with Crippen molar-refractivity contribution >= 4 is 29.9 Å². The van der Waals surface area contributed by atoms with Crippen LogP contribution in [0.2, 0.25) is 0 Å². The summed E-state index contributed by atoms with van der Waals surface area (Å²) < 4.78 is 16.3. The van der Waals surface area contributed by atoms with Gasteiger partial charge in [0.05, 0.1) is 33.0 Å². The Hall–Kier alpha value is -2.75. The van der Waals surface area contributed by atoms with Crippen LogP contribution in [0.15, 0.2) is 58.1 Å². The van der Waals surface area contributed by atoms with E-state index in [-0.39, 0.29) is 24.0 Å². The Morgan fingerprint density at radius 1 is 1.06 bits per heavy atom. The number of methoxy groups -OCH3 is 2. The van der Waals surface area contributed by atoms with Crippen LogP contribution in [0.1, 0.15) is 23.7 Å². The normalized spacial score (nSPS) is 10.9. The van der Waals surface area contributed by atoms with E-state index >= 15 is 0 Å². The molecule has 0 saturated carbocycles. The lowest BCUT2D eigenvalue weighted by molar-refractivity contribution is 0.391. The molecule has 0 aliphatic heterocycles. The number of oxazole rings is 1. The van der Waals surface area contributed by atoms with E-state index in [0.717, 1.165) is 34.9 Å². The van der Waals surface area contributed by atoms with Gasteiger partial charge in [0.1, 0.15) is 17.8 Å². The first kappa shape index (κ1) is 24.5. The van der Waals surface area contributed by atoms with Gasteiger partial charge in [0.25, 0.3) is 0 Å². The molecule has 0 atom stereocenters. The van der Waals surface area contributed by atoms with Gasteiger partial charge in [0, 0.05) is 23.7 Å². The van der Waals surface area contributed by atoms with E-state index < -0.39 is 0 Å². The van der Waals surface area contributed by atoms with Gasteiger partial charge in [-0.3, -0.25) is 0 Å². The average molecular weight is 536 g/mol. The molecule has 3 rings (SSSR count). The number of aromatic nitrogens is 1. The van der Waals surface area contributed by atoms with E-state index in [4.69, 9.17) is 13.9 Å². The third kappa shape index (κ3) is 6.88. The van der Waals surface area contributed by atoms with Crippen molar-refractivity contribution in [2.45, 2.75) is 26.9 Å². The van der Waals surface area contributed by atoms with Gasteiger partial charge in [0.2, 0.25) is 5.89 Å². The van der Waals surface area contributed by atoms with Crippen LogP contribution < -0.4 is 20.1 Å². The van der Waals surface area contributed by atoms with Crippen molar-refractivity contribution < 1.29 is 13.9 Å². The molecule has 0 amide bonds. The van der Waals surface area contributed by atoms with E-state index in [2.05, 4.69) is 27.5 Å². The molecule has 2 aromatic carbocycles. The smallest absolute Gasteiger partial charge is 0.226 e. The second kappa shape index (κ2) is 12.2. The van der Waals surface area contributed by atoms with E-state index in [0.29, 0.717) is 24.9 Å². The highest BCUT2D eigenvalue weighted by Crippen LogP contribution is 2.25. The Morgan fingerprint density at radius 2 is 1.84 bits per heavy atom. The van der Waals surface area contributed by atoms with Crippen molar-refractivity contribution in [3.63, 3.8) is 0 Å². The number of nitrogens with zero attached hydrogens (tertiary/aromatic N) is 2. The van der Waals surface area contributed by atoms with Gasteiger partial charge in [0.15, 0.2) is 5.96 Å². The summed E-state index contributed by atoms with van der Waals surface area (Å²) in [6.45, 7) is 5.80. The van der Waals surface area contributed by atoms with Gasteiger partial charge >= 0.3 is 0 Å². The Labute approximate surface area is 200 Å². The lowest BCUT2D eigenvalue weighted by atomic mass is 10.1. The zero-order chi connectivity index (χ0) is 21.3. The number of hydrogen-bond acceptors (Lipinski definition) is 5. The zero-order valence-electron chi connectivity index (χ0n) is 18.3. The van der Waals surface area contributed by atoms with Crippen LogP contribution in [0, 0.1) is 6.92 Å². The minimum absolute atomic E-state index is 0. The predicted octanol–water partition coefficient (Wildman–Crippen LogP) is 4.54. The molecule has 0 aliphatic rings. The number of benzene rings is 2. The number of hydrogen-bond donors (Lipinski definition) is 2. The summed E-state index contributed by atoms with van der Waals surface area (Å²) in [4.78, 5) is 9.21. The first-order valence-electron chi connectivity index (χ1n) is 9.87. The topological polar surface area (TPSA) is 80.9 Å². The summed E-state index contributed by atoms with van der Waals surface area (Å²) in [6, 6.07) is 13.8. The SMILES string of the molecule is CCNC(=NCc1ccc(OC)cc1OC)NCc1coc(-c2ccc(C)cc2)n1.I. The van der Waals surface area contributed by atoms with Crippen molar-refractivity contribution in [1.82, 2.24) is 15.6 Å². The van der Waals surface area contributed by atoms with Crippen LogP contribution in [-0.4, -0.2) is 31.7 Å². The molecule has 0 radical (unpaired) electrons. The van der Waals surface area contributed by atoms with Crippen LogP contribution >= 0.6 is 24.0 Å². The Bertz CT molecular complexity index is 987. The molecule has 166 valence electrons. The summed E-state index contributed by atoms with van der Waals surface area (Å²) in [6.07, 6.45) is 1.66. The largest absolute Gasteiger partial charge is 0.497 e. The highest BCUT2D eigenvalue weighted by molar-refractivity contribution is 14.0. The molecule has 0 spiro atoms. The highest BCUT2D eigenvalue weighted by atomic mass is 127. The Kier molecular flexibility index (Phi) is 9.64. The molecule has 0 fully saturated rings. The van der Waals surface area contributed by atoms with Crippen molar-refractivity contribution in [3.8, 4) is 23.0 Å². The predicted molar refractivity (Wildman–Crippen MR) is 133 cm³/mol. The molecule has 8 heteroatoms. The minimum atomic E-state index is 0. The molecule has 0 saturated heterocycles. The summed E-state index contributed by atoms with van der Waals surface area (Å²) in [5.41, 5.74) is 3.93. The molecule has 31 heavy (non-hydrogen) atoms. The maximum absolute atomic E-state index is 5.62. The van der Waals surface area contributed by atoms with Crippen molar-refractivity contribution in [3.05, 3.63) is 65.5 Å². The van der Waals surface area contributed by atoms with Crippen LogP contribution in [0.4, 0.5) is 0 Å².